The molecule has 2 rings (SSSR count). The van der Waals surface area contributed by atoms with Gasteiger partial charge in [-0.1, -0.05) is 6.07 Å². The highest BCUT2D eigenvalue weighted by molar-refractivity contribution is 5.48. The molecule has 4 heteroatoms. The van der Waals surface area contributed by atoms with E-state index in [2.05, 4.69) is 22.2 Å². The van der Waals surface area contributed by atoms with Crippen LogP contribution in [0.2, 0.25) is 0 Å². The zero-order valence-electron chi connectivity index (χ0n) is 11.0. The molecule has 0 radical (unpaired) electrons. The van der Waals surface area contributed by atoms with Crippen LogP contribution in [0.25, 0.3) is 0 Å². The lowest BCUT2D eigenvalue weighted by Crippen LogP contribution is -2.11. The Hall–Kier alpha value is -2.10. The van der Waals surface area contributed by atoms with E-state index in [1.54, 1.807) is 6.20 Å². The average Bonchev–Trinajstić information content (AvgIpc) is 2.40. The molecule has 18 heavy (non-hydrogen) atoms. The molecule has 0 bridgehead atoms. The highest BCUT2D eigenvalue weighted by Crippen LogP contribution is 2.18. The van der Waals surface area contributed by atoms with Crippen molar-refractivity contribution in [2.24, 2.45) is 0 Å². The fourth-order valence-electron chi connectivity index (χ4n) is 1.69. The third-order valence-electron chi connectivity index (χ3n) is 2.72. The van der Waals surface area contributed by atoms with Crippen LogP contribution in [0.4, 0.5) is 11.5 Å². The van der Waals surface area contributed by atoms with Crippen LogP contribution in [-0.4, -0.2) is 24.1 Å². The van der Waals surface area contributed by atoms with Gasteiger partial charge in [0.05, 0.1) is 23.6 Å². The van der Waals surface area contributed by atoms with Crippen LogP contribution < -0.4 is 10.2 Å². The highest BCUT2D eigenvalue weighted by Gasteiger charge is 2.06. The van der Waals surface area contributed by atoms with E-state index in [0.717, 1.165) is 17.2 Å². The Balaban J connectivity index is 2.05. The maximum atomic E-state index is 4.37. The van der Waals surface area contributed by atoms with Crippen LogP contribution >= 0.6 is 0 Å². The molecule has 94 valence electrons. The van der Waals surface area contributed by atoms with Crippen molar-refractivity contribution in [3.63, 3.8) is 0 Å². The van der Waals surface area contributed by atoms with Crippen molar-refractivity contribution >= 4 is 11.5 Å². The molecule has 1 N–H and O–H groups in total. The Morgan fingerprint density at radius 2 is 1.94 bits per heavy atom. The fraction of sp³-hybridized carbons (Fsp3) is 0.286. The first-order chi connectivity index (χ1) is 8.66. The second-order valence-corrected chi connectivity index (χ2v) is 4.42. The Kier molecular flexibility index (Phi) is 3.77. The number of rotatable bonds is 4. The SMILES string of the molecule is CC(Nc1ccc(N(C)C)nc1)c1ccccn1. The number of anilines is 2. The van der Waals surface area contributed by atoms with Crippen molar-refractivity contribution in [1.29, 1.82) is 0 Å². The topological polar surface area (TPSA) is 41.0 Å². The number of nitrogens with one attached hydrogen (secondary N) is 1. The van der Waals surface area contributed by atoms with Crippen molar-refractivity contribution in [3.05, 3.63) is 48.4 Å². The van der Waals surface area contributed by atoms with Crippen molar-refractivity contribution in [2.75, 3.05) is 24.3 Å². The van der Waals surface area contributed by atoms with Gasteiger partial charge in [-0.3, -0.25) is 4.98 Å². The van der Waals surface area contributed by atoms with Gasteiger partial charge >= 0.3 is 0 Å². The van der Waals surface area contributed by atoms with Gasteiger partial charge in [-0.25, -0.2) is 4.98 Å². The fourth-order valence-corrected chi connectivity index (χ4v) is 1.69. The van der Waals surface area contributed by atoms with E-state index in [0.29, 0.717) is 0 Å². The summed E-state index contributed by atoms with van der Waals surface area (Å²) in [5.41, 5.74) is 2.02. The molecule has 0 amide bonds. The second kappa shape index (κ2) is 5.49. The normalized spacial score (nSPS) is 11.9. The minimum absolute atomic E-state index is 0.165. The lowest BCUT2D eigenvalue weighted by Gasteiger charge is -2.16. The van der Waals surface area contributed by atoms with Crippen molar-refractivity contribution in [2.45, 2.75) is 13.0 Å². The van der Waals surface area contributed by atoms with Crippen molar-refractivity contribution in [1.82, 2.24) is 9.97 Å². The summed E-state index contributed by atoms with van der Waals surface area (Å²) in [6.45, 7) is 2.09. The molecule has 2 aromatic rings. The van der Waals surface area contributed by atoms with Gasteiger partial charge in [0.1, 0.15) is 5.82 Å². The minimum Gasteiger partial charge on any atom is -0.376 e. The molecule has 0 spiro atoms. The molecule has 0 saturated carbocycles. The molecule has 0 aliphatic rings. The van der Waals surface area contributed by atoms with Gasteiger partial charge in [-0.05, 0) is 31.2 Å². The molecule has 0 aliphatic carbocycles. The lowest BCUT2D eigenvalue weighted by molar-refractivity contribution is 0.838. The second-order valence-electron chi connectivity index (χ2n) is 4.42. The summed E-state index contributed by atoms with van der Waals surface area (Å²) < 4.78 is 0. The van der Waals surface area contributed by atoms with E-state index in [9.17, 15) is 0 Å². The molecule has 2 aromatic heterocycles. The maximum absolute atomic E-state index is 4.37. The maximum Gasteiger partial charge on any atom is 0.128 e. The van der Waals surface area contributed by atoms with E-state index in [1.165, 1.54) is 0 Å². The van der Waals surface area contributed by atoms with Crippen LogP contribution in [0, 0.1) is 0 Å². The summed E-state index contributed by atoms with van der Waals surface area (Å²) in [7, 11) is 3.96. The predicted molar refractivity (Wildman–Crippen MR) is 74.8 cm³/mol. The van der Waals surface area contributed by atoms with E-state index < -0.39 is 0 Å². The van der Waals surface area contributed by atoms with Gasteiger partial charge in [-0.15, -0.1) is 0 Å². The zero-order valence-corrected chi connectivity index (χ0v) is 11.0. The number of aromatic nitrogens is 2. The number of hydrogen-bond acceptors (Lipinski definition) is 4. The van der Waals surface area contributed by atoms with Gasteiger partial charge in [0.2, 0.25) is 0 Å². The largest absolute Gasteiger partial charge is 0.376 e. The Morgan fingerprint density at radius 3 is 2.50 bits per heavy atom. The van der Waals surface area contributed by atoms with Gasteiger partial charge in [0.15, 0.2) is 0 Å². The molecule has 1 unspecified atom stereocenters. The molecule has 0 aliphatic heterocycles. The number of nitrogens with zero attached hydrogens (tertiary/aromatic N) is 3. The van der Waals surface area contributed by atoms with Gasteiger partial charge in [-0.2, -0.15) is 0 Å². The smallest absolute Gasteiger partial charge is 0.128 e. The molecular weight excluding hydrogens is 224 g/mol. The number of pyridine rings is 2. The summed E-state index contributed by atoms with van der Waals surface area (Å²) in [5, 5.41) is 3.38. The van der Waals surface area contributed by atoms with Crippen LogP contribution in [0.5, 0.6) is 0 Å². The van der Waals surface area contributed by atoms with Crippen molar-refractivity contribution in [3.8, 4) is 0 Å². The Labute approximate surface area is 108 Å². The third-order valence-corrected chi connectivity index (χ3v) is 2.72. The highest BCUT2D eigenvalue weighted by atomic mass is 15.1. The summed E-state index contributed by atoms with van der Waals surface area (Å²) in [6.07, 6.45) is 3.65. The van der Waals surface area contributed by atoms with E-state index >= 15 is 0 Å². The lowest BCUT2D eigenvalue weighted by atomic mass is 10.2. The van der Waals surface area contributed by atoms with E-state index in [-0.39, 0.29) is 6.04 Å². The Bertz CT molecular complexity index is 479. The molecular formula is C14H18N4. The van der Waals surface area contributed by atoms with E-state index in [1.807, 2.05) is 55.5 Å². The summed E-state index contributed by atoms with van der Waals surface area (Å²) in [5.74, 6) is 0.950. The molecule has 0 saturated heterocycles. The summed E-state index contributed by atoms with van der Waals surface area (Å²) in [6, 6.07) is 10.1. The van der Waals surface area contributed by atoms with Crippen LogP contribution in [0.15, 0.2) is 42.7 Å². The zero-order chi connectivity index (χ0) is 13.0. The molecule has 0 aromatic carbocycles. The van der Waals surface area contributed by atoms with Crippen LogP contribution in [0.3, 0.4) is 0 Å². The summed E-state index contributed by atoms with van der Waals surface area (Å²) >= 11 is 0. The monoisotopic (exact) mass is 242 g/mol. The first kappa shape index (κ1) is 12.4. The van der Waals surface area contributed by atoms with E-state index in [4.69, 9.17) is 0 Å². The number of hydrogen-bond donors (Lipinski definition) is 1. The Morgan fingerprint density at radius 1 is 1.11 bits per heavy atom. The van der Waals surface area contributed by atoms with Crippen molar-refractivity contribution < 1.29 is 0 Å². The molecule has 4 nitrogen and oxygen atoms in total. The predicted octanol–water partition coefficient (Wildman–Crippen LogP) is 2.72. The first-order valence-electron chi connectivity index (χ1n) is 5.97. The average molecular weight is 242 g/mol. The standard InChI is InChI=1S/C14H18N4/c1-11(13-6-4-5-9-15-13)17-12-7-8-14(16-10-12)18(2)3/h4-11,17H,1-3H3. The molecule has 0 fully saturated rings. The van der Waals surface area contributed by atoms with Gasteiger partial charge in [0.25, 0.3) is 0 Å². The molecule has 1 atom stereocenters. The first-order valence-corrected chi connectivity index (χ1v) is 5.97. The van der Waals surface area contributed by atoms with Crippen LogP contribution in [-0.2, 0) is 0 Å². The third kappa shape index (κ3) is 2.97. The molecule has 2 heterocycles. The van der Waals surface area contributed by atoms with Crippen LogP contribution in [0.1, 0.15) is 18.7 Å². The van der Waals surface area contributed by atoms with Gasteiger partial charge < -0.3 is 10.2 Å². The van der Waals surface area contributed by atoms with Gasteiger partial charge in [0, 0.05) is 20.3 Å². The summed E-state index contributed by atoms with van der Waals surface area (Å²) in [4.78, 5) is 10.7. The quantitative estimate of drug-likeness (QED) is 0.895. The minimum atomic E-state index is 0.165.